The fourth-order valence-electron chi connectivity index (χ4n) is 3.33. The topological polar surface area (TPSA) is 62.8 Å². The molecule has 0 radical (unpaired) electrons. The van der Waals surface area contributed by atoms with E-state index < -0.39 is 0 Å². The largest absolute Gasteiger partial charge is 0.494 e. The summed E-state index contributed by atoms with van der Waals surface area (Å²) in [6, 6.07) is 16.1. The highest BCUT2D eigenvalue weighted by atomic mass is 16.5. The standard InChI is InChI=1S/C23H31N3O3/c1-2-29-22-8-4-6-20(16-22)18-24-17-19-5-3-7-21(15-19)25-23(27)9-10-26-11-13-28-14-12-26/h3-8,15-16,24H,2,9-14,17-18H2,1H3,(H,25,27). The third-order valence-electron chi connectivity index (χ3n) is 4.84. The summed E-state index contributed by atoms with van der Waals surface area (Å²) in [5.74, 6) is 0.947. The molecule has 2 aromatic carbocycles. The van der Waals surface area contributed by atoms with Crippen LogP contribution in [0.15, 0.2) is 48.5 Å². The van der Waals surface area contributed by atoms with Gasteiger partial charge in [-0.05, 0) is 42.3 Å². The Hall–Kier alpha value is -2.41. The van der Waals surface area contributed by atoms with Gasteiger partial charge in [0.1, 0.15) is 5.75 Å². The summed E-state index contributed by atoms with van der Waals surface area (Å²) in [7, 11) is 0. The summed E-state index contributed by atoms with van der Waals surface area (Å²) in [5, 5.41) is 6.46. The molecule has 29 heavy (non-hydrogen) atoms. The molecule has 0 spiro atoms. The van der Waals surface area contributed by atoms with Crippen LogP contribution in [-0.2, 0) is 22.6 Å². The summed E-state index contributed by atoms with van der Waals surface area (Å²) in [5.41, 5.74) is 3.16. The van der Waals surface area contributed by atoms with Gasteiger partial charge in [-0.25, -0.2) is 0 Å². The van der Waals surface area contributed by atoms with Crippen LogP contribution >= 0.6 is 0 Å². The lowest BCUT2D eigenvalue weighted by atomic mass is 10.1. The van der Waals surface area contributed by atoms with Crippen molar-refractivity contribution in [2.75, 3.05) is 44.8 Å². The zero-order chi connectivity index (χ0) is 20.3. The first-order valence-corrected chi connectivity index (χ1v) is 10.3. The van der Waals surface area contributed by atoms with Crippen molar-refractivity contribution >= 4 is 11.6 Å². The van der Waals surface area contributed by atoms with E-state index in [1.807, 2.05) is 37.3 Å². The van der Waals surface area contributed by atoms with Crippen LogP contribution in [0, 0.1) is 0 Å². The molecule has 1 amide bonds. The molecule has 0 saturated carbocycles. The molecule has 1 saturated heterocycles. The number of ether oxygens (including phenoxy) is 2. The van der Waals surface area contributed by atoms with Crippen LogP contribution in [0.5, 0.6) is 5.75 Å². The van der Waals surface area contributed by atoms with E-state index in [1.165, 1.54) is 5.56 Å². The lowest BCUT2D eigenvalue weighted by Gasteiger charge is -2.26. The van der Waals surface area contributed by atoms with Gasteiger partial charge in [0.05, 0.1) is 19.8 Å². The minimum atomic E-state index is 0.0503. The van der Waals surface area contributed by atoms with Crippen molar-refractivity contribution in [1.82, 2.24) is 10.2 Å². The normalized spacial score (nSPS) is 14.5. The van der Waals surface area contributed by atoms with E-state index in [0.717, 1.165) is 62.9 Å². The van der Waals surface area contributed by atoms with Crippen molar-refractivity contribution in [2.24, 2.45) is 0 Å². The van der Waals surface area contributed by atoms with E-state index in [9.17, 15) is 4.79 Å². The second kappa shape index (κ2) is 11.6. The minimum Gasteiger partial charge on any atom is -0.494 e. The smallest absolute Gasteiger partial charge is 0.225 e. The fraction of sp³-hybridized carbons (Fsp3) is 0.435. The van der Waals surface area contributed by atoms with Crippen molar-refractivity contribution in [1.29, 1.82) is 0 Å². The number of amides is 1. The molecule has 1 fully saturated rings. The summed E-state index contributed by atoms with van der Waals surface area (Å²) in [6.45, 7) is 8.24. The molecule has 0 aliphatic carbocycles. The van der Waals surface area contributed by atoms with Crippen LogP contribution < -0.4 is 15.4 Å². The molecule has 0 unspecified atom stereocenters. The first-order valence-electron chi connectivity index (χ1n) is 10.3. The van der Waals surface area contributed by atoms with Gasteiger partial charge in [0.15, 0.2) is 0 Å². The summed E-state index contributed by atoms with van der Waals surface area (Å²) in [4.78, 5) is 14.5. The van der Waals surface area contributed by atoms with Crippen LogP contribution in [0.4, 0.5) is 5.69 Å². The number of nitrogens with one attached hydrogen (secondary N) is 2. The van der Waals surface area contributed by atoms with Gasteiger partial charge in [0.2, 0.25) is 5.91 Å². The Morgan fingerprint density at radius 1 is 1.07 bits per heavy atom. The molecule has 0 bridgehead atoms. The van der Waals surface area contributed by atoms with Crippen LogP contribution in [-0.4, -0.2) is 50.3 Å². The number of hydrogen-bond acceptors (Lipinski definition) is 5. The van der Waals surface area contributed by atoms with Gasteiger partial charge >= 0.3 is 0 Å². The molecule has 156 valence electrons. The molecule has 6 heteroatoms. The summed E-state index contributed by atoms with van der Waals surface area (Å²) >= 11 is 0. The Morgan fingerprint density at radius 2 is 1.79 bits per heavy atom. The summed E-state index contributed by atoms with van der Waals surface area (Å²) in [6.07, 6.45) is 0.499. The Labute approximate surface area is 173 Å². The number of hydrogen-bond donors (Lipinski definition) is 2. The third kappa shape index (κ3) is 7.49. The Balaban J connectivity index is 1.42. The first-order chi connectivity index (χ1) is 14.2. The molecule has 2 aromatic rings. The Bertz CT molecular complexity index is 775. The second-order valence-corrected chi connectivity index (χ2v) is 7.14. The van der Waals surface area contributed by atoms with Gasteiger partial charge in [-0.1, -0.05) is 24.3 Å². The molecule has 3 rings (SSSR count). The maximum Gasteiger partial charge on any atom is 0.225 e. The average Bonchev–Trinajstić information content (AvgIpc) is 2.74. The number of nitrogens with zero attached hydrogens (tertiary/aromatic N) is 1. The van der Waals surface area contributed by atoms with E-state index in [0.29, 0.717) is 13.0 Å². The van der Waals surface area contributed by atoms with Crippen molar-refractivity contribution in [3.05, 3.63) is 59.7 Å². The molecule has 6 nitrogen and oxygen atoms in total. The van der Waals surface area contributed by atoms with Gasteiger partial charge < -0.3 is 20.1 Å². The number of anilines is 1. The fourth-order valence-corrected chi connectivity index (χ4v) is 3.33. The predicted molar refractivity (Wildman–Crippen MR) is 115 cm³/mol. The Morgan fingerprint density at radius 3 is 2.55 bits per heavy atom. The number of rotatable bonds is 10. The van der Waals surface area contributed by atoms with E-state index in [1.54, 1.807) is 0 Å². The quantitative estimate of drug-likeness (QED) is 0.645. The molecule has 2 N–H and O–H groups in total. The maximum absolute atomic E-state index is 12.3. The highest BCUT2D eigenvalue weighted by molar-refractivity contribution is 5.90. The minimum absolute atomic E-state index is 0.0503. The molecular weight excluding hydrogens is 366 g/mol. The van der Waals surface area contributed by atoms with Gasteiger partial charge in [-0.3, -0.25) is 9.69 Å². The lowest BCUT2D eigenvalue weighted by molar-refractivity contribution is -0.116. The van der Waals surface area contributed by atoms with Crippen LogP contribution in [0.2, 0.25) is 0 Å². The number of morpholine rings is 1. The SMILES string of the molecule is CCOc1cccc(CNCc2cccc(NC(=O)CCN3CCOCC3)c2)c1. The lowest BCUT2D eigenvalue weighted by Crippen LogP contribution is -2.38. The first kappa shape index (κ1) is 21.3. The number of carbonyl (C=O) groups excluding carboxylic acids is 1. The van der Waals surface area contributed by atoms with Gasteiger partial charge in [0, 0.05) is 44.8 Å². The van der Waals surface area contributed by atoms with Crippen LogP contribution in [0.25, 0.3) is 0 Å². The highest BCUT2D eigenvalue weighted by Gasteiger charge is 2.12. The number of benzene rings is 2. The summed E-state index contributed by atoms with van der Waals surface area (Å²) < 4.78 is 10.9. The highest BCUT2D eigenvalue weighted by Crippen LogP contribution is 2.14. The maximum atomic E-state index is 12.3. The Kier molecular flexibility index (Phi) is 8.49. The molecule has 0 atom stereocenters. The third-order valence-corrected chi connectivity index (χ3v) is 4.84. The van der Waals surface area contributed by atoms with Crippen molar-refractivity contribution in [3.63, 3.8) is 0 Å². The van der Waals surface area contributed by atoms with Gasteiger partial charge in [-0.15, -0.1) is 0 Å². The van der Waals surface area contributed by atoms with E-state index in [-0.39, 0.29) is 5.91 Å². The van der Waals surface area contributed by atoms with Crippen molar-refractivity contribution in [3.8, 4) is 5.75 Å². The zero-order valence-corrected chi connectivity index (χ0v) is 17.2. The van der Waals surface area contributed by atoms with Crippen molar-refractivity contribution < 1.29 is 14.3 Å². The molecule has 1 aliphatic heterocycles. The van der Waals surface area contributed by atoms with Crippen molar-refractivity contribution in [2.45, 2.75) is 26.4 Å². The van der Waals surface area contributed by atoms with Gasteiger partial charge in [-0.2, -0.15) is 0 Å². The number of carbonyl (C=O) groups is 1. The molecule has 0 aromatic heterocycles. The van der Waals surface area contributed by atoms with E-state index >= 15 is 0 Å². The molecular formula is C23H31N3O3. The van der Waals surface area contributed by atoms with E-state index in [2.05, 4.69) is 33.7 Å². The zero-order valence-electron chi connectivity index (χ0n) is 17.2. The van der Waals surface area contributed by atoms with Gasteiger partial charge in [0.25, 0.3) is 0 Å². The molecule has 1 heterocycles. The van der Waals surface area contributed by atoms with E-state index in [4.69, 9.17) is 9.47 Å². The average molecular weight is 398 g/mol. The van der Waals surface area contributed by atoms with Crippen LogP contribution in [0.3, 0.4) is 0 Å². The second-order valence-electron chi connectivity index (χ2n) is 7.14. The monoisotopic (exact) mass is 397 g/mol. The molecule has 1 aliphatic rings. The predicted octanol–water partition coefficient (Wildman–Crippen LogP) is 3.04. The van der Waals surface area contributed by atoms with Crippen LogP contribution in [0.1, 0.15) is 24.5 Å².